The van der Waals surface area contributed by atoms with Crippen molar-refractivity contribution in [1.82, 2.24) is 5.32 Å². The first-order valence-electron chi connectivity index (χ1n) is 5.74. The maximum atomic E-state index is 11.3. The van der Waals surface area contributed by atoms with Crippen LogP contribution >= 0.6 is 0 Å². The highest BCUT2D eigenvalue weighted by Gasteiger charge is 2.10. The van der Waals surface area contributed by atoms with Gasteiger partial charge in [-0.2, -0.15) is 5.23 Å². The molecule has 6 nitrogen and oxygen atoms in total. The van der Waals surface area contributed by atoms with Gasteiger partial charge in [-0.3, -0.25) is 4.79 Å². The molecule has 0 heterocycles. The molecule has 1 unspecified atom stereocenters. The Hall–Kier alpha value is -1.63. The van der Waals surface area contributed by atoms with Crippen LogP contribution in [0.1, 0.15) is 19.4 Å². The number of carbonyl (C=O) groups is 1. The van der Waals surface area contributed by atoms with E-state index in [-0.39, 0.29) is 23.3 Å². The first-order valence-corrected chi connectivity index (χ1v) is 5.74. The molecule has 0 saturated heterocycles. The minimum atomic E-state index is -1.17. The van der Waals surface area contributed by atoms with E-state index in [0.717, 1.165) is 5.56 Å². The molecule has 0 aromatic heterocycles. The molecule has 4 N–H and O–H groups in total. The normalized spacial score (nSPS) is 12.5. The molecule has 1 atom stereocenters. The molecule has 1 rings (SSSR count). The van der Waals surface area contributed by atoms with Gasteiger partial charge < -0.3 is 15.6 Å². The van der Waals surface area contributed by atoms with Crippen LogP contribution in [0.25, 0.3) is 0 Å². The first-order chi connectivity index (χ1) is 8.41. The van der Waals surface area contributed by atoms with E-state index in [1.54, 1.807) is 19.9 Å². The smallest absolute Gasteiger partial charge is 0.222 e. The number of phenolic OH excluding ortho intramolecular Hbond substituents is 1. The van der Waals surface area contributed by atoms with Crippen molar-refractivity contribution in [2.75, 3.05) is 6.54 Å². The Balaban J connectivity index is 2.58. The van der Waals surface area contributed by atoms with Crippen molar-refractivity contribution in [2.24, 2.45) is 5.92 Å². The SMILES string of the molecule is CC(C)C(=O)NCCc1ccc(O)c([NH+]([O-])O)c1. The number of amides is 1. The third-order valence-electron chi connectivity index (χ3n) is 2.53. The van der Waals surface area contributed by atoms with Gasteiger partial charge in [0.05, 0.1) is 0 Å². The van der Waals surface area contributed by atoms with Crippen molar-refractivity contribution in [1.29, 1.82) is 0 Å². The van der Waals surface area contributed by atoms with Gasteiger partial charge in [0.25, 0.3) is 0 Å². The number of nitrogens with one attached hydrogen (secondary N) is 2. The van der Waals surface area contributed by atoms with Crippen LogP contribution in [0, 0.1) is 11.1 Å². The van der Waals surface area contributed by atoms with E-state index in [4.69, 9.17) is 5.21 Å². The number of carbonyl (C=O) groups excluding carboxylic acids is 1. The molecule has 6 heteroatoms. The Morgan fingerprint density at radius 1 is 1.50 bits per heavy atom. The summed E-state index contributed by atoms with van der Waals surface area (Å²) in [5, 5.41) is 30.6. The van der Waals surface area contributed by atoms with E-state index in [1.165, 1.54) is 12.1 Å². The molecule has 100 valence electrons. The molecular formula is C12H18N2O4. The summed E-state index contributed by atoms with van der Waals surface area (Å²) in [6.45, 7) is 4.05. The highest BCUT2D eigenvalue weighted by atomic mass is 16.8. The predicted molar refractivity (Wildman–Crippen MR) is 65.4 cm³/mol. The third kappa shape index (κ3) is 3.99. The van der Waals surface area contributed by atoms with Crippen LogP contribution in [-0.4, -0.2) is 22.8 Å². The molecule has 1 amide bonds. The zero-order chi connectivity index (χ0) is 13.7. The van der Waals surface area contributed by atoms with Crippen LogP contribution in [0.3, 0.4) is 0 Å². The second kappa shape index (κ2) is 6.34. The van der Waals surface area contributed by atoms with Crippen molar-refractivity contribution in [3.8, 4) is 5.75 Å². The summed E-state index contributed by atoms with van der Waals surface area (Å²) < 4.78 is 0. The maximum absolute atomic E-state index is 11.3. The minimum absolute atomic E-state index is 0.0350. The Bertz CT molecular complexity index is 419. The van der Waals surface area contributed by atoms with Crippen molar-refractivity contribution < 1.29 is 20.3 Å². The monoisotopic (exact) mass is 254 g/mol. The first kappa shape index (κ1) is 14.4. The average molecular weight is 254 g/mol. The number of hydrogen-bond acceptors (Lipinski definition) is 4. The zero-order valence-electron chi connectivity index (χ0n) is 10.4. The third-order valence-corrected chi connectivity index (χ3v) is 2.53. The largest absolute Gasteiger partial charge is 0.595 e. The van der Waals surface area contributed by atoms with Crippen molar-refractivity contribution in [3.63, 3.8) is 0 Å². The molecule has 0 aliphatic rings. The van der Waals surface area contributed by atoms with Crippen LogP contribution in [0.5, 0.6) is 5.75 Å². The summed E-state index contributed by atoms with van der Waals surface area (Å²) in [4.78, 5) is 11.3. The Morgan fingerprint density at radius 3 is 2.72 bits per heavy atom. The van der Waals surface area contributed by atoms with Gasteiger partial charge in [0.2, 0.25) is 11.6 Å². The molecule has 1 aromatic carbocycles. The predicted octanol–water partition coefficient (Wildman–Crippen LogP) is 0.110. The molecular weight excluding hydrogens is 236 g/mol. The quantitative estimate of drug-likeness (QED) is 0.443. The summed E-state index contributed by atoms with van der Waals surface area (Å²) in [6, 6.07) is 4.41. The number of quaternary nitrogens is 1. The molecule has 0 aliphatic carbocycles. The fourth-order valence-electron chi connectivity index (χ4n) is 1.44. The maximum Gasteiger partial charge on any atom is 0.222 e. The number of hydrogen-bond donors (Lipinski definition) is 4. The second-order valence-corrected chi connectivity index (χ2v) is 4.35. The Labute approximate surface area is 105 Å². The standard InChI is InChI=1S/C12H18N2O4/c1-8(2)12(16)13-6-5-9-3-4-11(15)10(7-9)14(17)18/h3-4,7-8,14-15,17H,5-6H2,1-2H3,(H,13,16). The van der Waals surface area contributed by atoms with Crippen LogP contribution in [0.15, 0.2) is 18.2 Å². The Kier molecular flexibility index (Phi) is 5.08. The van der Waals surface area contributed by atoms with E-state index < -0.39 is 5.23 Å². The second-order valence-electron chi connectivity index (χ2n) is 4.35. The lowest BCUT2D eigenvalue weighted by atomic mass is 10.1. The fraction of sp³-hybridized carbons (Fsp3) is 0.417. The van der Waals surface area contributed by atoms with Gasteiger partial charge in [-0.15, -0.1) is 0 Å². The lowest BCUT2D eigenvalue weighted by Gasteiger charge is -2.14. The van der Waals surface area contributed by atoms with E-state index in [9.17, 15) is 15.1 Å². The summed E-state index contributed by atoms with van der Waals surface area (Å²) in [5.74, 6) is -0.357. The molecule has 0 aliphatic heterocycles. The fourth-order valence-corrected chi connectivity index (χ4v) is 1.44. The van der Waals surface area contributed by atoms with Crippen molar-refractivity contribution in [3.05, 3.63) is 29.0 Å². The highest BCUT2D eigenvalue weighted by molar-refractivity contribution is 5.77. The van der Waals surface area contributed by atoms with Gasteiger partial charge >= 0.3 is 0 Å². The highest BCUT2D eigenvalue weighted by Crippen LogP contribution is 2.20. The van der Waals surface area contributed by atoms with Crippen LogP contribution in [0.2, 0.25) is 0 Å². The molecule has 1 aromatic rings. The van der Waals surface area contributed by atoms with Crippen LogP contribution in [0.4, 0.5) is 5.69 Å². The van der Waals surface area contributed by atoms with E-state index in [2.05, 4.69) is 5.32 Å². The lowest BCUT2D eigenvalue weighted by Crippen LogP contribution is -2.99. The molecule has 0 fully saturated rings. The summed E-state index contributed by atoms with van der Waals surface area (Å²) in [5.41, 5.74) is 0.636. The summed E-state index contributed by atoms with van der Waals surface area (Å²) in [6.07, 6.45) is 0.527. The molecule has 0 bridgehead atoms. The molecule has 18 heavy (non-hydrogen) atoms. The number of aromatic hydroxyl groups is 1. The molecule has 0 saturated carbocycles. The van der Waals surface area contributed by atoms with Gasteiger partial charge in [-0.1, -0.05) is 19.9 Å². The summed E-state index contributed by atoms with van der Waals surface area (Å²) >= 11 is 0. The van der Waals surface area contributed by atoms with Gasteiger partial charge in [-0.25, -0.2) is 5.21 Å². The average Bonchev–Trinajstić information content (AvgIpc) is 2.30. The van der Waals surface area contributed by atoms with Gasteiger partial charge in [-0.05, 0) is 18.1 Å². The van der Waals surface area contributed by atoms with Crippen LogP contribution in [-0.2, 0) is 11.2 Å². The van der Waals surface area contributed by atoms with E-state index in [0.29, 0.717) is 13.0 Å². The zero-order valence-corrected chi connectivity index (χ0v) is 10.4. The summed E-state index contributed by atoms with van der Waals surface area (Å²) in [7, 11) is 0. The number of phenols is 1. The van der Waals surface area contributed by atoms with Crippen molar-refractivity contribution >= 4 is 11.6 Å². The van der Waals surface area contributed by atoms with Gasteiger partial charge in [0.1, 0.15) is 0 Å². The molecule has 0 spiro atoms. The van der Waals surface area contributed by atoms with Gasteiger partial charge in [0.15, 0.2) is 5.75 Å². The molecule has 0 radical (unpaired) electrons. The van der Waals surface area contributed by atoms with Crippen LogP contribution < -0.4 is 10.5 Å². The van der Waals surface area contributed by atoms with Crippen molar-refractivity contribution in [2.45, 2.75) is 20.3 Å². The number of benzene rings is 1. The van der Waals surface area contributed by atoms with Gasteiger partial charge in [0, 0.05) is 18.5 Å². The van der Waals surface area contributed by atoms with E-state index >= 15 is 0 Å². The topological polar surface area (TPSA) is 97.1 Å². The van der Waals surface area contributed by atoms with E-state index in [1.807, 2.05) is 0 Å². The Morgan fingerprint density at radius 2 is 2.17 bits per heavy atom. The number of rotatable bonds is 5. The lowest BCUT2D eigenvalue weighted by molar-refractivity contribution is -0.991. The minimum Gasteiger partial charge on any atom is -0.595 e.